The molecule has 0 saturated carbocycles. The Hall–Kier alpha value is -1.39. The average molecular weight is 349 g/mol. The fourth-order valence-electron chi connectivity index (χ4n) is 3.12. The Morgan fingerprint density at radius 3 is 2.04 bits per heavy atom. The second-order valence-corrected chi connectivity index (χ2v) is 9.76. The molecule has 0 aliphatic carbocycles. The van der Waals surface area contributed by atoms with E-state index in [1.54, 1.807) is 6.92 Å². The van der Waals surface area contributed by atoms with Crippen LogP contribution in [-0.4, -0.2) is 15.0 Å². The van der Waals surface area contributed by atoms with Crippen LogP contribution in [-0.2, 0) is 25.1 Å². The maximum atomic E-state index is 13.0. The molecule has 0 unspecified atom stereocenters. The zero-order valence-electron chi connectivity index (χ0n) is 15.7. The predicted octanol–water partition coefficient (Wildman–Crippen LogP) is 5.16. The smallest absolute Gasteiger partial charge is 0.267 e. The molecule has 3 nitrogen and oxygen atoms in total. The van der Waals surface area contributed by atoms with E-state index in [1.807, 2.05) is 24.3 Å². The fraction of sp³-hybridized carbons (Fsp3) is 0.500. The summed E-state index contributed by atoms with van der Waals surface area (Å²) in [7, 11) is -3.83. The first-order chi connectivity index (χ1) is 10.9. The van der Waals surface area contributed by atoms with Crippen molar-refractivity contribution in [3.05, 3.63) is 41.5 Å². The van der Waals surface area contributed by atoms with Crippen LogP contribution >= 0.6 is 0 Å². The summed E-state index contributed by atoms with van der Waals surface area (Å²) < 4.78 is 31.1. The van der Waals surface area contributed by atoms with Crippen molar-refractivity contribution in [1.29, 1.82) is 0 Å². The molecule has 132 valence electrons. The molecule has 24 heavy (non-hydrogen) atoms. The molecule has 0 N–H and O–H groups in total. The van der Waals surface area contributed by atoms with Crippen LogP contribution in [0.2, 0.25) is 0 Å². The minimum Gasteiger partial charge on any atom is -0.267 e. The number of fused-ring (bicyclic) bond motifs is 1. The number of hydrogen-bond acceptors (Lipinski definition) is 3. The van der Waals surface area contributed by atoms with E-state index in [1.165, 1.54) is 0 Å². The van der Waals surface area contributed by atoms with Gasteiger partial charge in [-0.2, -0.15) is 8.42 Å². The van der Waals surface area contributed by atoms with E-state index in [2.05, 4.69) is 47.6 Å². The van der Waals surface area contributed by atoms with Gasteiger partial charge in [0.15, 0.2) is 0 Å². The lowest BCUT2D eigenvalue weighted by Gasteiger charge is -2.33. The van der Waals surface area contributed by atoms with Gasteiger partial charge < -0.3 is 0 Å². The summed E-state index contributed by atoms with van der Waals surface area (Å²) >= 11 is 0. The topological polar surface area (TPSA) is 43.4 Å². The van der Waals surface area contributed by atoms with Crippen molar-refractivity contribution in [3.63, 3.8) is 0 Å². The van der Waals surface area contributed by atoms with Gasteiger partial charge in [-0.05, 0) is 34.3 Å². The molecule has 0 amide bonds. The Kier molecular flexibility index (Phi) is 4.86. The molecule has 0 saturated heterocycles. The zero-order valence-corrected chi connectivity index (χ0v) is 16.5. The highest BCUT2D eigenvalue weighted by atomic mass is 32.2. The van der Waals surface area contributed by atoms with Gasteiger partial charge in [0, 0.05) is 5.39 Å². The van der Waals surface area contributed by atoms with Crippen LogP contribution < -0.4 is 0 Å². The zero-order chi connectivity index (χ0) is 18.3. The van der Waals surface area contributed by atoms with Gasteiger partial charge in [0.25, 0.3) is 10.1 Å². The number of hydrogen-bond donors (Lipinski definition) is 0. The van der Waals surface area contributed by atoms with Crippen LogP contribution in [0.25, 0.3) is 10.8 Å². The molecule has 0 atom stereocenters. The van der Waals surface area contributed by atoms with Crippen molar-refractivity contribution in [2.45, 2.75) is 64.2 Å². The number of rotatable bonds is 3. The highest BCUT2D eigenvalue weighted by Crippen LogP contribution is 2.42. The summed E-state index contributed by atoms with van der Waals surface area (Å²) in [6, 6.07) is 9.75. The van der Waals surface area contributed by atoms with E-state index >= 15 is 0 Å². The lowest BCUT2D eigenvalue weighted by Crippen LogP contribution is -2.26. The van der Waals surface area contributed by atoms with Crippen LogP contribution in [0.5, 0.6) is 0 Å². The molecule has 2 aromatic rings. The van der Waals surface area contributed by atoms with Crippen molar-refractivity contribution < 1.29 is 12.6 Å². The van der Waals surface area contributed by atoms with Crippen LogP contribution in [0.3, 0.4) is 0 Å². The van der Waals surface area contributed by atoms with Crippen LogP contribution in [0, 0.1) is 0 Å². The number of benzene rings is 2. The van der Waals surface area contributed by atoms with Crippen LogP contribution in [0.1, 0.15) is 59.6 Å². The molecule has 0 heterocycles. The maximum Gasteiger partial charge on any atom is 0.297 e. The SMILES string of the molecule is CCOS(=O)(=O)c1c(C(C)(C)C)c(C(C)(C)C)cc2ccccc12. The van der Waals surface area contributed by atoms with Gasteiger partial charge >= 0.3 is 0 Å². The molecule has 0 fully saturated rings. The largest absolute Gasteiger partial charge is 0.297 e. The first kappa shape index (κ1) is 18.9. The highest BCUT2D eigenvalue weighted by molar-refractivity contribution is 7.87. The molecule has 0 aromatic heterocycles. The van der Waals surface area contributed by atoms with Crippen molar-refractivity contribution in [2.24, 2.45) is 0 Å². The first-order valence-electron chi connectivity index (χ1n) is 8.35. The standard InChI is InChI=1S/C20H28O3S/c1-8-23-24(21,22)18-15-12-10-9-11-14(15)13-16(19(2,3)4)17(18)20(5,6)7/h9-13H,8H2,1-7H3. The second kappa shape index (κ2) is 6.16. The minimum absolute atomic E-state index is 0.125. The fourth-order valence-corrected chi connectivity index (χ4v) is 4.67. The maximum absolute atomic E-state index is 13.0. The van der Waals surface area contributed by atoms with Gasteiger partial charge in [0.05, 0.1) is 6.61 Å². The highest BCUT2D eigenvalue weighted by Gasteiger charge is 2.34. The third-order valence-electron chi connectivity index (χ3n) is 4.08. The Morgan fingerprint density at radius 1 is 0.958 bits per heavy atom. The lowest BCUT2D eigenvalue weighted by atomic mass is 9.74. The van der Waals surface area contributed by atoms with Crippen molar-refractivity contribution in [2.75, 3.05) is 6.61 Å². The molecule has 0 bridgehead atoms. The summed E-state index contributed by atoms with van der Waals surface area (Å²) in [5, 5.41) is 1.65. The van der Waals surface area contributed by atoms with E-state index < -0.39 is 10.1 Å². The molecular formula is C20H28O3S. The Balaban J connectivity index is 3.11. The molecule has 0 aliphatic heterocycles. The first-order valence-corrected chi connectivity index (χ1v) is 9.76. The third kappa shape index (κ3) is 3.50. The van der Waals surface area contributed by atoms with Gasteiger partial charge in [-0.25, -0.2) is 0 Å². The quantitative estimate of drug-likeness (QED) is 0.720. The third-order valence-corrected chi connectivity index (χ3v) is 5.55. The van der Waals surface area contributed by atoms with Crippen LogP contribution in [0.4, 0.5) is 0 Å². The van der Waals surface area contributed by atoms with Crippen molar-refractivity contribution in [1.82, 2.24) is 0 Å². The van der Waals surface area contributed by atoms with Crippen molar-refractivity contribution in [3.8, 4) is 0 Å². The van der Waals surface area contributed by atoms with E-state index in [9.17, 15) is 8.42 Å². The monoisotopic (exact) mass is 348 g/mol. The predicted molar refractivity (Wildman–Crippen MR) is 100 cm³/mol. The molecule has 0 radical (unpaired) electrons. The molecule has 0 aliphatic rings. The lowest BCUT2D eigenvalue weighted by molar-refractivity contribution is 0.337. The van der Waals surface area contributed by atoms with Gasteiger partial charge in [0.1, 0.15) is 4.90 Å². The van der Waals surface area contributed by atoms with E-state index in [0.717, 1.165) is 21.9 Å². The van der Waals surface area contributed by atoms with E-state index in [-0.39, 0.29) is 17.4 Å². The van der Waals surface area contributed by atoms with Crippen LogP contribution in [0.15, 0.2) is 35.2 Å². The average Bonchev–Trinajstić information content (AvgIpc) is 2.43. The van der Waals surface area contributed by atoms with Gasteiger partial charge in [-0.3, -0.25) is 4.18 Å². The van der Waals surface area contributed by atoms with E-state index in [0.29, 0.717) is 4.90 Å². The molecule has 2 aromatic carbocycles. The molecular weight excluding hydrogens is 320 g/mol. The summed E-state index contributed by atoms with van der Waals surface area (Å²) in [6.45, 7) is 14.3. The normalized spacial score (nSPS) is 13.5. The van der Waals surface area contributed by atoms with Gasteiger partial charge in [0.2, 0.25) is 0 Å². The molecule has 4 heteroatoms. The second-order valence-electron chi connectivity index (χ2n) is 8.21. The Bertz CT molecular complexity index is 851. The van der Waals surface area contributed by atoms with E-state index in [4.69, 9.17) is 4.18 Å². The molecule has 2 rings (SSSR count). The minimum atomic E-state index is -3.83. The Labute approximate surface area is 146 Å². The molecule has 0 spiro atoms. The van der Waals surface area contributed by atoms with Gasteiger partial charge in [-0.1, -0.05) is 71.9 Å². The summed E-state index contributed by atoms with van der Waals surface area (Å²) in [5.41, 5.74) is 1.39. The van der Waals surface area contributed by atoms with Crippen molar-refractivity contribution >= 4 is 20.9 Å². The Morgan fingerprint density at radius 2 is 1.54 bits per heavy atom. The summed E-state index contributed by atoms with van der Waals surface area (Å²) in [5.74, 6) is 0. The summed E-state index contributed by atoms with van der Waals surface area (Å²) in [4.78, 5) is 0.319. The summed E-state index contributed by atoms with van der Waals surface area (Å²) in [6.07, 6.45) is 0. The van der Waals surface area contributed by atoms with Gasteiger partial charge in [-0.15, -0.1) is 0 Å².